The summed E-state index contributed by atoms with van der Waals surface area (Å²) in [5, 5.41) is 2.64. The van der Waals surface area contributed by atoms with Gasteiger partial charge in [0.25, 0.3) is 0 Å². The van der Waals surface area contributed by atoms with E-state index in [0.29, 0.717) is 0 Å². The Kier molecular flexibility index (Phi) is 5.56. The fourth-order valence-electron chi connectivity index (χ4n) is 8.67. The molecule has 2 heteroatoms. The molecule has 214 valence electrons. The SMILES string of the molecule is c1ccc(C(c2ccccc2)c2cc3c4c(c2)-n2c5ccccc5c5cccc(c52)B4c2ccccc2C3c2ccccc2)cc1. The highest BCUT2D eigenvalue weighted by Gasteiger charge is 2.43. The first-order valence-corrected chi connectivity index (χ1v) is 16.3. The standard InChI is InChI=1S/C44H30BN/c1-4-15-29(16-5-1)41(30-17-6-2-7-18-30)32-27-36-42(31-19-8-3-9-20-31)35-22-10-12-24-37(35)45-38-25-14-23-34-33-21-11-13-26-39(33)46(44(34)38)40(28-32)43(36)45/h1-28,41-42H. The summed E-state index contributed by atoms with van der Waals surface area (Å²) in [6.45, 7) is 0.169. The van der Waals surface area contributed by atoms with Gasteiger partial charge in [0.2, 0.25) is 6.71 Å². The maximum Gasteiger partial charge on any atom is 0.247 e. The number of hydrogen-bond donors (Lipinski definition) is 0. The topological polar surface area (TPSA) is 4.93 Å². The molecule has 3 heterocycles. The number of fused-ring (bicyclic) bond motifs is 7. The Hall–Kier alpha value is -5.60. The number of rotatable bonds is 4. The van der Waals surface area contributed by atoms with Crippen LogP contribution in [0.2, 0.25) is 0 Å². The van der Waals surface area contributed by atoms with Crippen LogP contribution in [0.25, 0.3) is 27.5 Å². The first kappa shape index (κ1) is 25.7. The molecule has 0 saturated heterocycles. The summed E-state index contributed by atoms with van der Waals surface area (Å²) < 4.78 is 2.59. The van der Waals surface area contributed by atoms with Gasteiger partial charge in [0.15, 0.2) is 0 Å². The maximum atomic E-state index is 2.59. The molecule has 2 aliphatic heterocycles. The summed E-state index contributed by atoms with van der Waals surface area (Å²) in [5.41, 5.74) is 16.3. The molecule has 0 saturated carbocycles. The van der Waals surface area contributed by atoms with Gasteiger partial charge in [0.05, 0.1) is 5.52 Å². The lowest BCUT2D eigenvalue weighted by Crippen LogP contribution is -2.61. The van der Waals surface area contributed by atoms with E-state index in [-0.39, 0.29) is 18.5 Å². The van der Waals surface area contributed by atoms with Crippen LogP contribution in [0.5, 0.6) is 0 Å². The summed E-state index contributed by atoms with van der Waals surface area (Å²) >= 11 is 0. The molecule has 0 radical (unpaired) electrons. The molecule has 0 aliphatic carbocycles. The zero-order valence-electron chi connectivity index (χ0n) is 25.3. The van der Waals surface area contributed by atoms with Crippen LogP contribution < -0.4 is 16.4 Å². The van der Waals surface area contributed by atoms with Crippen molar-refractivity contribution in [2.45, 2.75) is 11.8 Å². The highest BCUT2D eigenvalue weighted by Crippen LogP contribution is 2.42. The van der Waals surface area contributed by atoms with Crippen LogP contribution in [0, 0.1) is 0 Å². The van der Waals surface area contributed by atoms with Gasteiger partial charge in [0, 0.05) is 33.8 Å². The third-order valence-corrected chi connectivity index (χ3v) is 10.4. The van der Waals surface area contributed by atoms with Crippen molar-refractivity contribution in [1.29, 1.82) is 0 Å². The van der Waals surface area contributed by atoms with Crippen LogP contribution in [0.1, 0.15) is 45.2 Å². The number of hydrogen-bond acceptors (Lipinski definition) is 0. The quantitative estimate of drug-likeness (QED) is 0.145. The monoisotopic (exact) mass is 583 g/mol. The maximum absolute atomic E-state index is 2.59. The lowest BCUT2D eigenvalue weighted by atomic mass is 9.31. The molecule has 1 nitrogen and oxygen atoms in total. The molecule has 2 aliphatic rings. The summed E-state index contributed by atoms with van der Waals surface area (Å²) in [4.78, 5) is 0. The second-order valence-electron chi connectivity index (χ2n) is 12.8. The van der Waals surface area contributed by atoms with Crippen LogP contribution in [0.4, 0.5) is 0 Å². The molecule has 0 spiro atoms. The van der Waals surface area contributed by atoms with E-state index in [9.17, 15) is 0 Å². The first-order chi connectivity index (χ1) is 22.9. The Bertz CT molecular complexity index is 2390. The van der Waals surface area contributed by atoms with Crippen molar-refractivity contribution in [3.63, 3.8) is 0 Å². The molecule has 7 aromatic carbocycles. The van der Waals surface area contributed by atoms with Crippen LogP contribution >= 0.6 is 0 Å². The normalized spacial score (nSPS) is 14.5. The van der Waals surface area contributed by atoms with Gasteiger partial charge in [-0.1, -0.05) is 163 Å². The van der Waals surface area contributed by atoms with Crippen molar-refractivity contribution in [3.05, 3.63) is 203 Å². The molecule has 1 aromatic heterocycles. The third-order valence-electron chi connectivity index (χ3n) is 10.4. The predicted octanol–water partition coefficient (Wildman–Crippen LogP) is 8.29. The molecule has 0 amide bonds. The summed E-state index contributed by atoms with van der Waals surface area (Å²) in [5.74, 6) is 0.239. The minimum Gasteiger partial charge on any atom is -0.310 e. The highest BCUT2D eigenvalue weighted by molar-refractivity contribution is 6.99. The van der Waals surface area contributed by atoms with E-state index in [4.69, 9.17) is 0 Å². The van der Waals surface area contributed by atoms with Gasteiger partial charge < -0.3 is 4.57 Å². The lowest BCUT2D eigenvalue weighted by Gasteiger charge is -2.39. The van der Waals surface area contributed by atoms with Crippen molar-refractivity contribution in [1.82, 2.24) is 4.57 Å². The van der Waals surface area contributed by atoms with Gasteiger partial charge in [-0.15, -0.1) is 0 Å². The molecule has 0 fully saturated rings. The number of aromatic nitrogens is 1. The fraction of sp³-hybridized carbons (Fsp3) is 0.0455. The molecule has 10 rings (SSSR count). The minimum atomic E-state index is 0.102. The molecule has 0 N–H and O–H groups in total. The molecule has 0 bridgehead atoms. The van der Waals surface area contributed by atoms with Gasteiger partial charge in [-0.3, -0.25) is 0 Å². The zero-order chi connectivity index (χ0) is 30.2. The van der Waals surface area contributed by atoms with Gasteiger partial charge >= 0.3 is 0 Å². The zero-order valence-corrected chi connectivity index (χ0v) is 25.3. The molecule has 1 unspecified atom stereocenters. The number of benzene rings is 7. The fourth-order valence-corrected chi connectivity index (χ4v) is 8.67. The van der Waals surface area contributed by atoms with Gasteiger partial charge in [-0.05, 0) is 56.4 Å². The third kappa shape index (κ3) is 3.59. The van der Waals surface area contributed by atoms with E-state index >= 15 is 0 Å². The van der Waals surface area contributed by atoms with Crippen LogP contribution in [-0.2, 0) is 0 Å². The van der Waals surface area contributed by atoms with Crippen LogP contribution in [-0.4, -0.2) is 11.3 Å². The molecule has 46 heavy (non-hydrogen) atoms. The Morgan fingerprint density at radius 1 is 0.478 bits per heavy atom. The Labute approximate surface area is 269 Å². The van der Waals surface area contributed by atoms with E-state index in [1.54, 1.807) is 0 Å². The van der Waals surface area contributed by atoms with E-state index in [0.717, 1.165) is 0 Å². The van der Waals surface area contributed by atoms with Crippen molar-refractivity contribution in [3.8, 4) is 5.69 Å². The van der Waals surface area contributed by atoms with Crippen molar-refractivity contribution < 1.29 is 0 Å². The number of para-hydroxylation sites is 2. The average Bonchev–Trinajstić information content (AvgIpc) is 3.47. The Balaban J connectivity index is 1.38. The Morgan fingerprint density at radius 2 is 1.09 bits per heavy atom. The molecular formula is C44H30BN. The van der Waals surface area contributed by atoms with Crippen molar-refractivity contribution in [2.24, 2.45) is 0 Å². The second-order valence-corrected chi connectivity index (χ2v) is 12.8. The van der Waals surface area contributed by atoms with Gasteiger partial charge in [-0.25, -0.2) is 0 Å². The lowest BCUT2D eigenvalue weighted by molar-refractivity contribution is 0.937. The summed E-state index contributed by atoms with van der Waals surface area (Å²) in [6, 6.07) is 63.4. The predicted molar refractivity (Wildman–Crippen MR) is 193 cm³/mol. The average molecular weight is 584 g/mol. The highest BCUT2D eigenvalue weighted by atomic mass is 15.0. The minimum absolute atomic E-state index is 0.102. The Morgan fingerprint density at radius 3 is 1.85 bits per heavy atom. The molecular weight excluding hydrogens is 553 g/mol. The summed E-state index contributed by atoms with van der Waals surface area (Å²) in [7, 11) is 0. The van der Waals surface area contributed by atoms with Crippen LogP contribution in [0.3, 0.4) is 0 Å². The van der Waals surface area contributed by atoms with E-state index < -0.39 is 0 Å². The molecule has 8 aromatic rings. The van der Waals surface area contributed by atoms with E-state index in [1.165, 1.54) is 77.3 Å². The second kappa shape index (κ2) is 9.96. The van der Waals surface area contributed by atoms with Gasteiger partial charge in [0.1, 0.15) is 0 Å². The smallest absolute Gasteiger partial charge is 0.247 e. The van der Waals surface area contributed by atoms with Crippen molar-refractivity contribution in [2.75, 3.05) is 0 Å². The van der Waals surface area contributed by atoms with Crippen molar-refractivity contribution >= 4 is 44.9 Å². The molecule has 1 atom stereocenters. The van der Waals surface area contributed by atoms with E-state index in [2.05, 4.69) is 174 Å². The number of nitrogens with zero attached hydrogens (tertiary/aromatic N) is 1. The summed E-state index contributed by atoms with van der Waals surface area (Å²) in [6.07, 6.45) is 0. The van der Waals surface area contributed by atoms with Gasteiger partial charge in [-0.2, -0.15) is 0 Å². The largest absolute Gasteiger partial charge is 0.310 e. The first-order valence-electron chi connectivity index (χ1n) is 16.3. The van der Waals surface area contributed by atoms with E-state index in [1.807, 2.05) is 0 Å². The van der Waals surface area contributed by atoms with Crippen LogP contribution in [0.15, 0.2) is 170 Å².